The molecule has 1 fully saturated rings. The maximum Gasteiger partial charge on any atom is 0.335 e. The van der Waals surface area contributed by atoms with E-state index in [1.165, 1.54) is 0 Å². The molecule has 0 unspecified atom stereocenters. The van der Waals surface area contributed by atoms with Crippen molar-refractivity contribution < 1.29 is 24.2 Å². The van der Waals surface area contributed by atoms with Gasteiger partial charge in [-0.2, -0.15) is 0 Å². The summed E-state index contributed by atoms with van der Waals surface area (Å²) in [6.07, 6.45) is 0. The van der Waals surface area contributed by atoms with Crippen molar-refractivity contribution in [3.05, 3.63) is 59.2 Å². The average Bonchev–Trinajstić information content (AvgIpc) is 2.72. The summed E-state index contributed by atoms with van der Waals surface area (Å²) in [5.74, 6) is -0.351. The van der Waals surface area contributed by atoms with Crippen LogP contribution in [0.5, 0.6) is 5.75 Å². The largest absolute Gasteiger partial charge is 0.495 e. The molecule has 0 saturated carbocycles. The number of hydrogen-bond acceptors (Lipinski definition) is 5. The molecule has 0 atom stereocenters. The molecule has 1 amide bonds. The Morgan fingerprint density at radius 3 is 2.41 bits per heavy atom. The summed E-state index contributed by atoms with van der Waals surface area (Å²) in [6, 6.07) is 11.9. The minimum Gasteiger partial charge on any atom is -0.495 e. The van der Waals surface area contributed by atoms with Crippen LogP contribution in [0.4, 0.5) is 5.69 Å². The summed E-state index contributed by atoms with van der Waals surface area (Å²) < 4.78 is 10.7. The molecule has 2 aromatic rings. The van der Waals surface area contributed by atoms with Gasteiger partial charge in [-0.3, -0.25) is 4.79 Å². The van der Waals surface area contributed by atoms with Crippen LogP contribution in [0, 0.1) is 0 Å². The molecule has 0 spiro atoms. The number of morpholine rings is 1. The van der Waals surface area contributed by atoms with Crippen LogP contribution in [-0.2, 0) is 11.3 Å². The van der Waals surface area contributed by atoms with Gasteiger partial charge in [0.05, 0.1) is 31.6 Å². The topological polar surface area (TPSA) is 88.1 Å². The van der Waals surface area contributed by atoms with E-state index in [0.717, 1.165) is 5.56 Å². The molecule has 1 heterocycles. The summed E-state index contributed by atoms with van der Waals surface area (Å²) >= 11 is 0. The van der Waals surface area contributed by atoms with Gasteiger partial charge in [0.25, 0.3) is 5.91 Å². The molecule has 7 heteroatoms. The number of hydrogen-bond donors (Lipinski definition) is 2. The van der Waals surface area contributed by atoms with Crippen molar-refractivity contribution in [1.29, 1.82) is 0 Å². The van der Waals surface area contributed by atoms with E-state index in [-0.39, 0.29) is 11.5 Å². The Morgan fingerprint density at radius 1 is 1.11 bits per heavy atom. The molecular weight excluding hydrogens is 348 g/mol. The Hall–Kier alpha value is -3.06. The number of ether oxygens (including phenoxy) is 2. The van der Waals surface area contributed by atoms with Crippen molar-refractivity contribution in [1.82, 2.24) is 4.90 Å². The number of carbonyl (C=O) groups excluding carboxylic acids is 1. The van der Waals surface area contributed by atoms with E-state index < -0.39 is 5.97 Å². The van der Waals surface area contributed by atoms with Gasteiger partial charge in [0.2, 0.25) is 0 Å². The SMILES string of the molecule is COc1ccc(C(=O)N2CCOCC2)cc1NCc1ccc(C(=O)O)cc1. The van der Waals surface area contributed by atoms with Gasteiger partial charge in [-0.15, -0.1) is 0 Å². The maximum atomic E-state index is 12.7. The molecular formula is C20H22N2O5. The summed E-state index contributed by atoms with van der Waals surface area (Å²) in [6.45, 7) is 2.76. The van der Waals surface area contributed by atoms with Crippen molar-refractivity contribution in [3.8, 4) is 5.75 Å². The Morgan fingerprint density at radius 2 is 1.78 bits per heavy atom. The number of carboxylic acid groups (broad SMARTS) is 1. The molecule has 2 N–H and O–H groups in total. The Labute approximate surface area is 157 Å². The summed E-state index contributed by atoms with van der Waals surface area (Å²) in [4.78, 5) is 25.4. The normalized spacial score (nSPS) is 13.9. The molecule has 2 aromatic carbocycles. The van der Waals surface area contributed by atoms with Gasteiger partial charge in [0.1, 0.15) is 5.75 Å². The molecule has 3 rings (SSSR count). The summed E-state index contributed by atoms with van der Waals surface area (Å²) in [5, 5.41) is 12.2. The minimum absolute atomic E-state index is 0.0326. The average molecular weight is 370 g/mol. The highest BCUT2D eigenvalue weighted by molar-refractivity contribution is 5.95. The predicted molar refractivity (Wildman–Crippen MR) is 100 cm³/mol. The Balaban J connectivity index is 1.73. The van der Waals surface area contributed by atoms with Gasteiger partial charge in [0, 0.05) is 25.2 Å². The lowest BCUT2D eigenvalue weighted by atomic mass is 10.1. The lowest BCUT2D eigenvalue weighted by molar-refractivity contribution is 0.0303. The molecule has 142 valence electrons. The smallest absolute Gasteiger partial charge is 0.335 e. The van der Waals surface area contributed by atoms with E-state index in [0.29, 0.717) is 49.8 Å². The van der Waals surface area contributed by atoms with Crippen molar-refractivity contribution in [3.63, 3.8) is 0 Å². The van der Waals surface area contributed by atoms with Gasteiger partial charge < -0.3 is 24.8 Å². The monoisotopic (exact) mass is 370 g/mol. The molecule has 0 radical (unpaired) electrons. The number of carboxylic acids is 1. The Kier molecular flexibility index (Phi) is 5.93. The fourth-order valence-electron chi connectivity index (χ4n) is 2.89. The van der Waals surface area contributed by atoms with E-state index in [9.17, 15) is 9.59 Å². The number of aromatic carboxylic acids is 1. The number of carbonyl (C=O) groups is 2. The predicted octanol–water partition coefficient (Wildman–Crippen LogP) is 2.48. The molecule has 0 bridgehead atoms. The fraction of sp³-hybridized carbons (Fsp3) is 0.300. The summed E-state index contributed by atoms with van der Waals surface area (Å²) in [5.41, 5.74) is 2.46. The van der Waals surface area contributed by atoms with Gasteiger partial charge in [-0.25, -0.2) is 4.79 Å². The van der Waals surface area contributed by atoms with Crippen molar-refractivity contribution in [2.24, 2.45) is 0 Å². The van der Waals surface area contributed by atoms with Crippen LogP contribution in [0.2, 0.25) is 0 Å². The lowest BCUT2D eigenvalue weighted by Gasteiger charge is -2.27. The van der Waals surface area contributed by atoms with Crippen LogP contribution in [0.3, 0.4) is 0 Å². The van der Waals surface area contributed by atoms with E-state index in [4.69, 9.17) is 14.6 Å². The lowest BCUT2D eigenvalue weighted by Crippen LogP contribution is -2.40. The van der Waals surface area contributed by atoms with Crippen molar-refractivity contribution in [2.75, 3.05) is 38.7 Å². The van der Waals surface area contributed by atoms with Crippen molar-refractivity contribution in [2.45, 2.75) is 6.54 Å². The van der Waals surface area contributed by atoms with Gasteiger partial charge in [-0.05, 0) is 35.9 Å². The minimum atomic E-state index is -0.953. The van der Waals surface area contributed by atoms with Crippen LogP contribution < -0.4 is 10.1 Å². The number of benzene rings is 2. The second-order valence-corrected chi connectivity index (χ2v) is 6.18. The van der Waals surface area contributed by atoms with E-state index in [1.54, 1.807) is 54.5 Å². The first-order valence-corrected chi connectivity index (χ1v) is 8.69. The quantitative estimate of drug-likeness (QED) is 0.812. The number of nitrogens with one attached hydrogen (secondary N) is 1. The van der Waals surface area contributed by atoms with Crippen LogP contribution in [0.15, 0.2) is 42.5 Å². The molecule has 0 aromatic heterocycles. The van der Waals surface area contributed by atoms with Gasteiger partial charge in [-0.1, -0.05) is 12.1 Å². The molecule has 27 heavy (non-hydrogen) atoms. The van der Waals surface area contributed by atoms with Gasteiger partial charge >= 0.3 is 5.97 Å². The number of amides is 1. The second-order valence-electron chi connectivity index (χ2n) is 6.18. The maximum absolute atomic E-state index is 12.7. The first-order valence-electron chi connectivity index (χ1n) is 8.69. The van der Waals surface area contributed by atoms with Crippen LogP contribution in [-0.4, -0.2) is 55.3 Å². The molecule has 7 nitrogen and oxygen atoms in total. The second kappa shape index (κ2) is 8.55. The number of nitrogens with zero attached hydrogens (tertiary/aromatic N) is 1. The molecule has 1 aliphatic rings. The Bertz CT molecular complexity index is 814. The van der Waals surface area contributed by atoms with E-state index in [1.807, 2.05) is 0 Å². The number of anilines is 1. The first-order chi connectivity index (χ1) is 13.1. The third-order valence-electron chi connectivity index (χ3n) is 4.43. The zero-order valence-corrected chi connectivity index (χ0v) is 15.1. The van der Waals surface area contributed by atoms with Crippen molar-refractivity contribution >= 4 is 17.6 Å². The first kappa shape index (κ1) is 18.7. The zero-order chi connectivity index (χ0) is 19.2. The number of rotatable bonds is 6. The fourth-order valence-corrected chi connectivity index (χ4v) is 2.89. The highest BCUT2D eigenvalue weighted by Crippen LogP contribution is 2.27. The van der Waals surface area contributed by atoms with E-state index in [2.05, 4.69) is 5.32 Å². The van der Waals surface area contributed by atoms with Gasteiger partial charge in [0.15, 0.2) is 0 Å². The van der Waals surface area contributed by atoms with Crippen LogP contribution in [0.25, 0.3) is 0 Å². The van der Waals surface area contributed by atoms with E-state index >= 15 is 0 Å². The highest BCUT2D eigenvalue weighted by atomic mass is 16.5. The highest BCUT2D eigenvalue weighted by Gasteiger charge is 2.19. The zero-order valence-electron chi connectivity index (χ0n) is 15.1. The third-order valence-corrected chi connectivity index (χ3v) is 4.43. The van der Waals surface area contributed by atoms with Crippen LogP contribution >= 0.6 is 0 Å². The van der Waals surface area contributed by atoms with Crippen LogP contribution in [0.1, 0.15) is 26.3 Å². The number of methoxy groups -OCH3 is 1. The summed E-state index contributed by atoms with van der Waals surface area (Å²) in [7, 11) is 1.58. The molecule has 1 aliphatic heterocycles. The standard InChI is InChI=1S/C20H22N2O5/c1-26-18-7-6-16(19(23)22-8-10-27-11-9-22)12-17(18)21-13-14-2-4-15(5-3-14)20(24)25/h2-7,12,21H,8-11,13H2,1H3,(H,24,25). The molecule has 0 aliphatic carbocycles. The molecule has 1 saturated heterocycles. The third kappa shape index (κ3) is 4.57.